The van der Waals surface area contributed by atoms with Crippen molar-refractivity contribution in [2.45, 2.75) is 26.3 Å². The van der Waals surface area contributed by atoms with E-state index in [1.807, 2.05) is 0 Å². The van der Waals surface area contributed by atoms with Crippen molar-refractivity contribution >= 4 is 0 Å². The van der Waals surface area contributed by atoms with E-state index in [-0.39, 0.29) is 11.9 Å². The molecule has 1 unspecified atom stereocenters. The Hall–Kier alpha value is -0.930. The first-order valence-corrected chi connectivity index (χ1v) is 5.88. The average Bonchev–Trinajstić information content (AvgIpc) is 2.29. The lowest BCUT2D eigenvalue weighted by Gasteiger charge is -2.22. The summed E-state index contributed by atoms with van der Waals surface area (Å²) in [6, 6.07) is 6.69. The van der Waals surface area contributed by atoms with Gasteiger partial charge >= 0.3 is 0 Å². The molecule has 1 atom stereocenters. The van der Waals surface area contributed by atoms with Crippen LogP contribution < -0.4 is 5.73 Å². The lowest BCUT2D eigenvalue weighted by molar-refractivity contribution is 0.282. The van der Waals surface area contributed by atoms with E-state index in [4.69, 9.17) is 5.73 Å². The summed E-state index contributed by atoms with van der Waals surface area (Å²) < 4.78 is 12.7. The fourth-order valence-corrected chi connectivity index (χ4v) is 1.80. The Morgan fingerprint density at radius 1 is 1.19 bits per heavy atom. The molecule has 0 aliphatic carbocycles. The largest absolute Gasteiger partial charge is 0.326 e. The van der Waals surface area contributed by atoms with E-state index in [1.54, 1.807) is 12.1 Å². The van der Waals surface area contributed by atoms with Gasteiger partial charge in [0.2, 0.25) is 0 Å². The van der Waals surface area contributed by atoms with Crippen LogP contribution in [0.25, 0.3) is 0 Å². The molecule has 0 saturated heterocycles. The minimum Gasteiger partial charge on any atom is -0.326 e. The van der Waals surface area contributed by atoms with Crippen LogP contribution in [0.15, 0.2) is 24.3 Å². The Kier molecular flexibility index (Phi) is 5.43. The summed E-state index contributed by atoms with van der Waals surface area (Å²) in [4.78, 5) is 2.30. The highest BCUT2D eigenvalue weighted by Crippen LogP contribution is 2.05. The Morgan fingerprint density at radius 2 is 1.75 bits per heavy atom. The number of hydrogen-bond acceptors (Lipinski definition) is 2. The van der Waals surface area contributed by atoms with Gasteiger partial charge in [-0.05, 0) is 37.2 Å². The summed E-state index contributed by atoms with van der Waals surface area (Å²) in [5.41, 5.74) is 7.16. The molecule has 2 nitrogen and oxygen atoms in total. The molecular weight excluding hydrogens is 203 g/mol. The van der Waals surface area contributed by atoms with E-state index in [9.17, 15) is 4.39 Å². The number of likely N-dealkylation sites (N-methyl/N-ethyl adjacent to an activating group) is 1. The summed E-state index contributed by atoms with van der Waals surface area (Å²) in [6.45, 7) is 7.20. The van der Waals surface area contributed by atoms with Gasteiger partial charge in [0.1, 0.15) is 5.82 Å². The van der Waals surface area contributed by atoms with E-state index >= 15 is 0 Å². The van der Waals surface area contributed by atoms with E-state index < -0.39 is 0 Å². The molecule has 90 valence electrons. The van der Waals surface area contributed by atoms with Gasteiger partial charge in [0.25, 0.3) is 0 Å². The first-order valence-electron chi connectivity index (χ1n) is 5.88. The van der Waals surface area contributed by atoms with E-state index in [0.717, 1.165) is 31.6 Å². The number of nitrogens with zero attached hydrogens (tertiary/aromatic N) is 1. The van der Waals surface area contributed by atoms with Crippen molar-refractivity contribution in [1.29, 1.82) is 0 Å². The van der Waals surface area contributed by atoms with Crippen molar-refractivity contribution in [3.8, 4) is 0 Å². The Morgan fingerprint density at radius 3 is 2.25 bits per heavy atom. The summed E-state index contributed by atoms with van der Waals surface area (Å²) in [6.07, 6.45) is 0.802. The molecule has 1 rings (SSSR count). The predicted octanol–water partition coefficient (Wildman–Crippen LogP) is 2.04. The lowest BCUT2D eigenvalue weighted by atomic mass is 10.1. The van der Waals surface area contributed by atoms with Crippen molar-refractivity contribution < 1.29 is 4.39 Å². The number of rotatable bonds is 6. The van der Waals surface area contributed by atoms with Gasteiger partial charge in [0.15, 0.2) is 0 Å². The molecule has 0 aromatic heterocycles. The molecule has 2 N–H and O–H groups in total. The van der Waals surface area contributed by atoms with Gasteiger partial charge in [-0.15, -0.1) is 0 Å². The van der Waals surface area contributed by atoms with E-state index in [2.05, 4.69) is 18.7 Å². The highest BCUT2D eigenvalue weighted by atomic mass is 19.1. The number of hydrogen-bond donors (Lipinski definition) is 1. The number of nitrogens with two attached hydrogens (primary N) is 1. The second kappa shape index (κ2) is 6.61. The third-order valence-corrected chi connectivity index (χ3v) is 2.80. The minimum absolute atomic E-state index is 0.116. The summed E-state index contributed by atoms with van der Waals surface area (Å²) in [5.74, 6) is -0.193. The van der Waals surface area contributed by atoms with Crippen LogP contribution in [-0.4, -0.2) is 30.6 Å². The molecule has 0 heterocycles. The molecule has 1 aromatic rings. The van der Waals surface area contributed by atoms with Gasteiger partial charge in [-0.25, -0.2) is 4.39 Å². The predicted molar refractivity (Wildman–Crippen MR) is 65.9 cm³/mol. The summed E-state index contributed by atoms with van der Waals surface area (Å²) >= 11 is 0. The van der Waals surface area contributed by atoms with Crippen LogP contribution >= 0.6 is 0 Å². The molecule has 3 heteroatoms. The fourth-order valence-electron chi connectivity index (χ4n) is 1.80. The van der Waals surface area contributed by atoms with Crippen molar-refractivity contribution in [3.63, 3.8) is 0 Å². The van der Waals surface area contributed by atoms with Gasteiger partial charge in [0, 0.05) is 12.6 Å². The number of benzene rings is 1. The third kappa shape index (κ3) is 4.29. The first kappa shape index (κ1) is 13.1. The molecule has 0 aliphatic rings. The van der Waals surface area contributed by atoms with Crippen molar-refractivity contribution in [1.82, 2.24) is 4.90 Å². The Balaban J connectivity index is 2.44. The molecule has 16 heavy (non-hydrogen) atoms. The fraction of sp³-hybridized carbons (Fsp3) is 0.538. The highest BCUT2D eigenvalue weighted by molar-refractivity contribution is 5.17. The van der Waals surface area contributed by atoms with E-state index in [1.165, 1.54) is 12.1 Å². The quantitative estimate of drug-likeness (QED) is 0.801. The maximum absolute atomic E-state index is 12.7. The van der Waals surface area contributed by atoms with Crippen LogP contribution in [0.5, 0.6) is 0 Å². The van der Waals surface area contributed by atoms with Gasteiger partial charge < -0.3 is 10.6 Å². The zero-order chi connectivity index (χ0) is 12.0. The van der Waals surface area contributed by atoms with E-state index in [0.29, 0.717) is 0 Å². The zero-order valence-corrected chi connectivity index (χ0v) is 10.1. The van der Waals surface area contributed by atoms with Crippen LogP contribution in [0, 0.1) is 5.82 Å². The molecular formula is C13H21FN2. The van der Waals surface area contributed by atoms with Gasteiger partial charge in [-0.3, -0.25) is 0 Å². The van der Waals surface area contributed by atoms with Crippen molar-refractivity contribution in [2.24, 2.45) is 5.73 Å². The van der Waals surface area contributed by atoms with Crippen LogP contribution in [0.2, 0.25) is 0 Å². The van der Waals surface area contributed by atoms with Gasteiger partial charge in [-0.1, -0.05) is 26.0 Å². The molecule has 0 saturated carbocycles. The SMILES string of the molecule is CCN(CC)CC(N)Cc1ccc(F)cc1. The first-order chi connectivity index (χ1) is 7.65. The molecule has 0 fully saturated rings. The molecule has 0 spiro atoms. The minimum atomic E-state index is -0.193. The van der Waals surface area contributed by atoms with Crippen LogP contribution in [0.4, 0.5) is 4.39 Å². The maximum atomic E-state index is 12.7. The molecule has 0 bridgehead atoms. The average molecular weight is 224 g/mol. The van der Waals surface area contributed by atoms with Gasteiger partial charge in [-0.2, -0.15) is 0 Å². The smallest absolute Gasteiger partial charge is 0.123 e. The second-order valence-corrected chi connectivity index (χ2v) is 4.08. The van der Waals surface area contributed by atoms with Gasteiger partial charge in [0.05, 0.1) is 0 Å². The lowest BCUT2D eigenvalue weighted by Crippen LogP contribution is -2.38. The molecule has 1 aromatic carbocycles. The number of halogens is 1. The summed E-state index contributed by atoms with van der Waals surface area (Å²) in [7, 11) is 0. The van der Waals surface area contributed by atoms with Crippen molar-refractivity contribution in [2.75, 3.05) is 19.6 Å². The molecule has 0 amide bonds. The van der Waals surface area contributed by atoms with Crippen LogP contribution in [0.3, 0.4) is 0 Å². The molecule has 0 radical (unpaired) electrons. The summed E-state index contributed by atoms with van der Waals surface area (Å²) in [5, 5.41) is 0. The topological polar surface area (TPSA) is 29.3 Å². The highest BCUT2D eigenvalue weighted by Gasteiger charge is 2.08. The van der Waals surface area contributed by atoms with Crippen LogP contribution in [-0.2, 0) is 6.42 Å². The Bertz CT molecular complexity index is 293. The second-order valence-electron chi connectivity index (χ2n) is 4.08. The normalized spacial score (nSPS) is 13.1. The van der Waals surface area contributed by atoms with Crippen LogP contribution in [0.1, 0.15) is 19.4 Å². The zero-order valence-electron chi connectivity index (χ0n) is 10.1. The monoisotopic (exact) mass is 224 g/mol. The third-order valence-electron chi connectivity index (χ3n) is 2.80. The Labute approximate surface area is 97.3 Å². The standard InChI is InChI=1S/C13H21FN2/c1-3-16(4-2)10-13(15)9-11-5-7-12(14)8-6-11/h5-8,13H,3-4,9-10,15H2,1-2H3. The molecule has 0 aliphatic heterocycles. The van der Waals surface area contributed by atoms with Crippen molar-refractivity contribution in [3.05, 3.63) is 35.6 Å². The maximum Gasteiger partial charge on any atom is 0.123 e.